The van der Waals surface area contributed by atoms with Crippen LogP contribution >= 0.6 is 27.3 Å². The van der Waals surface area contributed by atoms with Crippen LogP contribution in [0.1, 0.15) is 33.6 Å². The molecule has 1 aromatic carbocycles. The molecule has 0 saturated carbocycles. The first-order valence-corrected chi connectivity index (χ1v) is 11.1. The van der Waals surface area contributed by atoms with Crippen LogP contribution in [0.2, 0.25) is 0 Å². The minimum atomic E-state index is -0.170. The van der Waals surface area contributed by atoms with Gasteiger partial charge in [0.05, 0.1) is 16.6 Å². The molecule has 3 aromatic rings. The van der Waals surface area contributed by atoms with Crippen LogP contribution in [-0.2, 0) is 17.2 Å². The molecule has 0 aliphatic carbocycles. The van der Waals surface area contributed by atoms with E-state index in [4.69, 9.17) is 4.74 Å². The fraction of sp³-hybridized carbons (Fsp3) is 0.381. The average molecular weight is 476 g/mol. The molecule has 2 aromatic heterocycles. The summed E-state index contributed by atoms with van der Waals surface area (Å²) in [4.78, 5) is 30.9. The number of thiophene rings is 1. The largest absolute Gasteiger partial charge is 0.381 e. The fourth-order valence-corrected chi connectivity index (χ4v) is 5.36. The van der Waals surface area contributed by atoms with E-state index in [1.807, 2.05) is 19.1 Å². The maximum atomic E-state index is 13.0. The van der Waals surface area contributed by atoms with Gasteiger partial charge in [-0.2, -0.15) is 0 Å². The van der Waals surface area contributed by atoms with E-state index >= 15 is 0 Å². The second-order valence-electron chi connectivity index (χ2n) is 7.48. The van der Waals surface area contributed by atoms with Crippen LogP contribution in [0.3, 0.4) is 0 Å². The third kappa shape index (κ3) is 3.76. The van der Waals surface area contributed by atoms with E-state index in [1.165, 1.54) is 27.8 Å². The molecule has 6 nitrogen and oxygen atoms in total. The first kappa shape index (κ1) is 20.3. The first-order valence-electron chi connectivity index (χ1n) is 9.48. The zero-order chi connectivity index (χ0) is 20.6. The van der Waals surface area contributed by atoms with Crippen LogP contribution in [0.25, 0.3) is 10.2 Å². The maximum Gasteiger partial charge on any atom is 0.262 e. The van der Waals surface area contributed by atoms with Crippen LogP contribution in [0.15, 0.2) is 39.9 Å². The number of nitrogens with zero attached hydrogens (tertiary/aromatic N) is 2. The van der Waals surface area contributed by atoms with E-state index in [2.05, 4.69) is 38.4 Å². The monoisotopic (exact) mass is 475 g/mol. The number of hydrogen-bond acceptors (Lipinski definition) is 5. The van der Waals surface area contributed by atoms with Crippen molar-refractivity contribution in [2.45, 2.75) is 25.2 Å². The van der Waals surface area contributed by atoms with Gasteiger partial charge in [0.2, 0.25) is 0 Å². The summed E-state index contributed by atoms with van der Waals surface area (Å²) in [7, 11) is 1.67. The van der Waals surface area contributed by atoms with Gasteiger partial charge in [0.15, 0.2) is 0 Å². The second kappa shape index (κ2) is 8.01. The summed E-state index contributed by atoms with van der Waals surface area (Å²) in [5.74, 6) is -0.159. The Labute approximate surface area is 181 Å². The average Bonchev–Trinajstić information content (AvgIpc) is 3.07. The van der Waals surface area contributed by atoms with Crippen molar-refractivity contribution in [2.75, 3.05) is 19.8 Å². The van der Waals surface area contributed by atoms with E-state index in [9.17, 15) is 9.59 Å². The molecule has 1 fully saturated rings. The number of carbonyl (C=O) groups is 1. The van der Waals surface area contributed by atoms with Crippen LogP contribution < -0.4 is 10.9 Å². The second-order valence-corrected chi connectivity index (χ2v) is 9.40. The van der Waals surface area contributed by atoms with Crippen molar-refractivity contribution in [2.24, 2.45) is 7.05 Å². The number of halogens is 1. The SMILES string of the molecule is Cc1c(C(=O)NCC2(c3cccc(Br)c3)CCOCC2)sc2ncn(C)c(=O)c12. The standard InChI is InChI=1S/C21H22BrN3O3S/c1-13-16-19(24-12-25(2)20(16)27)29-17(13)18(26)23-11-21(6-8-28-9-7-21)14-4-3-5-15(22)10-14/h3-5,10,12H,6-9,11H2,1-2H3,(H,23,26). The van der Waals surface area contributed by atoms with Crippen molar-refractivity contribution in [3.63, 3.8) is 0 Å². The highest BCUT2D eigenvalue weighted by Crippen LogP contribution is 2.36. The number of rotatable bonds is 4. The summed E-state index contributed by atoms with van der Waals surface area (Å²) >= 11 is 4.83. The fourth-order valence-electron chi connectivity index (χ4n) is 3.90. The Bertz CT molecular complexity index is 1130. The number of ether oxygens (including phenoxy) is 1. The minimum Gasteiger partial charge on any atom is -0.381 e. The van der Waals surface area contributed by atoms with Crippen molar-refractivity contribution in [1.29, 1.82) is 0 Å². The molecule has 0 unspecified atom stereocenters. The summed E-state index contributed by atoms with van der Waals surface area (Å²) < 4.78 is 8.04. The highest BCUT2D eigenvalue weighted by atomic mass is 79.9. The minimum absolute atomic E-state index is 0.127. The van der Waals surface area contributed by atoms with Crippen LogP contribution in [0.4, 0.5) is 0 Å². The molecular weight excluding hydrogens is 454 g/mol. The topological polar surface area (TPSA) is 73.2 Å². The van der Waals surface area contributed by atoms with E-state index in [0.29, 0.717) is 40.4 Å². The van der Waals surface area contributed by atoms with Crippen LogP contribution in [0, 0.1) is 6.92 Å². The lowest BCUT2D eigenvalue weighted by atomic mass is 9.74. The van der Waals surface area contributed by atoms with Crippen molar-refractivity contribution < 1.29 is 9.53 Å². The normalized spacial score (nSPS) is 16.1. The smallest absolute Gasteiger partial charge is 0.262 e. The van der Waals surface area contributed by atoms with Gasteiger partial charge in [-0.25, -0.2) is 4.98 Å². The van der Waals surface area contributed by atoms with Gasteiger partial charge in [-0.15, -0.1) is 11.3 Å². The van der Waals surface area contributed by atoms with E-state index in [0.717, 1.165) is 17.3 Å². The van der Waals surface area contributed by atoms with Gasteiger partial charge in [0.25, 0.3) is 11.5 Å². The quantitative estimate of drug-likeness (QED) is 0.625. The number of amides is 1. The molecule has 0 atom stereocenters. The van der Waals surface area contributed by atoms with Crippen LogP contribution in [0.5, 0.6) is 0 Å². The molecular formula is C21H22BrN3O3S. The van der Waals surface area contributed by atoms with Gasteiger partial charge in [0, 0.05) is 36.7 Å². The summed E-state index contributed by atoms with van der Waals surface area (Å²) in [5, 5.41) is 3.65. The third-order valence-corrected chi connectivity index (χ3v) is 7.38. The number of carbonyl (C=O) groups excluding carboxylic acids is 1. The predicted octanol–water partition coefficient (Wildman–Crippen LogP) is 3.54. The van der Waals surface area contributed by atoms with Gasteiger partial charge in [-0.3, -0.25) is 9.59 Å². The number of hydrogen-bond donors (Lipinski definition) is 1. The summed E-state index contributed by atoms with van der Waals surface area (Å²) in [6, 6.07) is 8.26. The van der Waals surface area contributed by atoms with E-state index < -0.39 is 0 Å². The molecule has 1 saturated heterocycles. The van der Waals surface area contributed by atoms with Gasteiger partial charge >= 0.3 is 0 Å². The molecule has 0 radical (unpaired) electrons. The van der Waals surface area contributed by atoms with Gasteiger partial charge in [-0.1, -0.05) is 28.1 Å². The third-order valence-electron chi connectivity index (χ3n) is 5.69. The maximum absolute atomic E-state index is 13.0. The predicted molar refractivity (Wildman–Crippen MR) is 118 cm³/mol. The summed E-state index contributed by atoms with van der Waals surface area (Å²) in [5.41, 5.74) is 1.59. The number of nitrogens with one attached hydrogen (secondary N) is 1. The zero-order valence-corrected chi connectivity index (χ0v) is 18.7. The van der Waals surface area contributed by atoms with E-state index in [-0.39, 0.29) is 16.9 Å². The molecule has 29 heavy (non-hydrogen) atoms. The highest BCUT2D eigenvalue weighted by molar-refractivity contribution is 9.10. The lowest BCUT2D eigenvalue weighted by Crippen LogP contribution is -2.44. The summed E-state index contributed by atoms with van der Waals surface area (Å²) in [6.07, 6.45) is 3.18. The Morgan fingerprint density at radius 1 is 1.38 bits per heavy atom. The zero-order valence-electron chi connectivity index (χ0n) is 16.3. The molecule has 1 aliphatic heterocycles. The lowest BCUT2D eigenvalue weighted by Gasteiger charge is -2.38. The molecule has 3 heterocycles. The Morgan fingerprint density at radius 2 is 2.14 bits per heavy atom. The molecule has 1 N–H and O–H groups in total. The number of aromatic nitrogens is 2. The Morgan fingerprint density at radius 3 is 2.86 bits per heavy atom. The Balaban J connectivity index is 1.62. The molecule has 152 valence electrons. The summed E-state index contributed by atoms with van der Waals surface area (Å²) in [6.45, 7) is 3.68. The number of aryl methyl sites for hydroxylation is 2. The van der Waals surface area contributed by atoms with Crippen molar-refractivity contribution in [3.8, 4) is 0 Å². The van der Waals surface area contributed by atoms with Gasteiger partial charge in [0.1, 0.15) is 4.83 Å². The molecule has 1 amide bonds. The van der Waals surface area contributed by atoms with Crippen LogP contribution in [-0.4, -0.2) is 35.2 Å². The molecule has 1 aliphatic rings. The Kier molecular flexibility index (Phi) is 5.59. The number of benzene rings is 1. The molecule has 0 bridgehead atoms. The molecule has 8 heteroatoms. The van der Waals surface area contributed by atoms with Crippen molar-refractivity contribution in [3.05, 3.63) is 61.4 Å². The number of fused-ring (bicyclic) bond motifs is 1. The molecule has 0 spiro atoms. The van der Waals surface area contributed by atoms with Gasteiger partial charge < -0.3 is 14.6 Å². The van der Waals surface area contributed by atoms with Gasteiger partial charge in [-0.05, 0) is 43.0 Å². The first-order chi connectivity index (χ1) is 13.9. The van der Waals surface area contributed by atoms with E-state index in [1.54, 1.807) is 7.05 Å². The van der Waals surface area contributed by atoms with Crippen molar-refractivity contribution in [1.82, 2.24) is 14.9 Å². The highest BCUT2D eigenvalue weighted by Gasteiger charge is 2.35. The molecule has 4 rings (SSSR count). The van der Waals surface area contributed by atoms with Crippen molar-refractivity contribution >= 4 is 43.4 Å². The Hall–Kier alpha value is -2.03. The lowest BCUT2D eigenvalue weighted by molar-refractivity contribution is 0.0487.